The van der Waals surface area contributed by atoms with Gasteiger partial charge in [0.15, 0.2) is 11.5 Å². The minimum atomic E-state index is -0.648. The Bertz CT molecular complexity index is 1160. The molecular formula is C25H28N4O5. The molecule has 0 bridgehead atoms. The van der Waals surface area contributed by atoms with Crippen molar-refractivity contribution in [3.63, 3.8) is 0 Å². The lowest BCUT2D eigenvalue weighted by atomic mass is 10.0. The van der Waals surface area contributed by atoms with Gasteiger partial charge in [-0.3, -0.25) is 19.3 Å². The Morgan fingerprint density at radius 2 is 1.71 bits per heavy atom. The number of para-hydroxylation sites is 1. The lowest BCUT2D eigenvalue weighted by Gasteiger charge is -2.41. The van der Waals surface area contributed by atoms with Gasteiger partial charge < -0.3 is 24.2 Å². The molecular weight excluding hydrogens is 436 g/mol. The number of anilines is 1. The highest BCUT2D eigenvalue weighted by Gasteiger charge is 2.49. The molecule has 3 aliphatic rings. The molecule has 3 aliphatic heterocycles. The highest BCUT2D eigenvalue weighted by Crippen LogP contribution is 2.49. The lowest BCUT2D eigenvalue weighted by molar-refractivity contribution is -0.133. The molecule has 1 atom stereocenters. The molecule has 1 fully saturated rings. The zero-order chi connectivity index (χ0) is 24.0. The summed E-state index contributed by atoms with van der Waals surface area (Å²) in [6, 6.07) is 10.6. The SMILES string of the molecule is COc1ccc2c(c1OC)C(=O)N1c3ccccc3C(=O)N(CCC(=O)N3CCN(C)CC3)C21. The first-order valence-corrected chi connectivity index (χ1v) is 11.4. The summed E-state index contributed by atoms with van der Waals surface area (Å²) in [7, 11) is 5.05. The summed E-state index contributed by atoms with van der Waals surface area (Å²) in [6.45, 7) is 3.24. The Morgan fingerprint density at radius 1 is 0.971 bits per heavy atom. The Kier molecular flexibility index (Phi) is 5.65. The van der Waals surface area contributed by atoms with Crippen LogP contribution in [0.5, 0.6) is 11.5 Å². The number of carbonyl (C=O) groups excluding carboxylic acids is 3. The molecule has 9 heteroatoms. The maximum atomic E-state index is 13.7. The van der Waals surface area contributed by atoms with Crippen molar-refractivity contribution < 1.29 is 23.9 Å². The van der Waals surface area contributed by atoms with Gasteiger partial charge in [0.05, 0.1) is 31.0 Å². The van der Waals surface area contributed by atoms with E-state index in [2.05, 4.69) is 4.90 Å². The lowest BCUT2D eigenvalue weighted by Crippen LogP contribution is -2.50. The van der Waals surface area contributed by atoms with Crippen molar-refractivity contribution in [1.82, 2.24) is 14.7 Å². The van der Waals surface area contributed by atoms with Crippen LogP contribution >= 0.6 is 0 Å². The summed E-state index contributed by atoms with van der Waals surface area (Å²) in [4.78, 5) is 47.5. The number of nitrogens with zero attached hydrogens (tertiary/aromatic N) is 4. The largest absolute Gasteiger partial charge is 0.493 e. The highest BCUT2D eigenvalue weighted by molar-refractivity contribution is 6.18. The maximum Gasteiger partial charge on any atom is 0.264 e. The molecule has 0 aromatic heterocycles. The van der Waals surface area contributed by atoms with E-state index < -0.39 is 6.17 Å². The first kappa shape index (κ1) is 22.2. The van der Waals surface area contributed by atoms with Crippen LogP contribution in [-0.2, 0) is 4.79 Å². The van der Waals surface area contributed by atoms with Gasteiger partial charge in [-0.25, -0.2) is 0 Å². The van der Waals surface area contributed by atoms with Crippen molar-refractivity contribution in [2.45, 2.75) is 12.6 Å². The second-order valence-corrected chi connectivity index (χ2v) is 8.76. The molecule has 34 heavy (non-hydrogen) atoms. The third-order valence-corrected chi connectivity index (χ3v) is 6.91. The fourth-order valence-electron chi connectivity index (χ4n) is 5.08. The molecule has 0 N–H and O–H groups in total. The normalized spacial score (nSPS) is 19.6. The van der Waals surface area contributed by atoms with Crippen LogP contribution in [0.1, 0.15) is 38.9 Å². The van der Waals surface area contributed by atoms with Crippen molar-refractivity contribution in [2.75, 3.05) is 58.9 Å². The molecule has 178 valence electrons. The molecule has 3 amide bonds. The van der Waals surface area contributed by atoms with Crippen LogP contribution < -0.4 is 14.4 Å². The maximum absolute atomic E-state index is 13.7. The number of amides is 3. The van der Waals surface area contributed by atoms with Crippen molar-refractivity contribution in [1.29, 1.82) is 0 Å². The Labute approximate surface area is 198 Å². The minimum Gasteiger partial charge on any atom is -0.493 e. The van der Waals surface area contributed by atoms with Gasteiger partial charge in [-0.1, -0.05) is 18.2 Å². The van der Waals surface area contributed by atoms with E-state index in [-0.39, 0.29) is 30.7 Å². The van der Waals surface area contributed by atoms with Crippen LogP contribution in [0.15, 0.2) is 36.4 Å². The van der Waals surface area contributed by atoms with Crippen LogP contribution in [0.4, 0.5) is 5.69 Å². The molecule has 9 nitrogen and oxygen atoms in total. The van der Waals surface area contributed by atoms with Crippen molar-refractivity contribution in [3.05, 3.63) is 53.1 Å². The molecule has 2 aromatic carbocycles. The number of methoxy groups -OCH3 is 2. The van der Waals surface area contributed by atoms with Crippen LogP contribution in [0.2, 0.25) is 0 Å². The van der Waals surface area contributed by atoms with Gasteiger partial charge in [-0.05, 0) is 25.2 Å². The van der Waals surface area contributed by atoms with Gasteiger partial charge in [-0.15, -0.1) is 0 Å². The van der Waals surface area contributed by atoms with Crippen LogP contribution in [0.25, 0.3) is 0 Å². The van der Waals surface area contributed by atoms with E-state index in [0.717, 1.165) is 13.1 Å². The fraction of sp³-hybridized carbons (Fsp3) is 0.400. The molecule has 0 saturated carbocycles. The van der Waals surface area contributed by atoms with Gasteiger partial charge in [0.1, 0.15) is 6.17 Å². The van der Waals surface area contributed by atoms with E-state index in [1.54, 1.807) is 40.1 Å². The first-order chi connectivity index (χ1) is 16.5. The molecule has 2 aromatic rings. The van der Waals surface area contributed by atoms with E-state index in [9.17, 15) is 14.4 Å². The second kappa shape index (κ2) is 8.64. The molecule has 0 radical (unpaired) electrons. The van der Waals surface area contributed by atoms with E-state index in [1.165, 1.54) is 14.2 Å². The third kappa shape index (κ3) is 3.38. The van der Waals surface area contributed by atoms with Crippen LogP contribution in [0, 0.1) is 0 Å². The van der Waals surface area contributed by atoms with Gasteiger partial charge in [0.25, 0.3) is 11.8 Å². The van der Waals surface area contributed by atoms with Crippen molar-refractivity contribution in [2.24, 2.45) is 0 Å². The summed E-state index contributed by atoms with van der Waals surface area (Å²) in [5.41, 5.74) is 2.04. The molecule has 1 unspecified atom stereocenters. The van der Waals surface area contributed by atoms with E-state index in [0.29, 0.717) is 47.0 Å². The number of hydrogen-bond donors (Lipinski definition) is 0. The number of ether oxygens (including phenoxy) is 2. The Balaban J connectivity index is 1.51. The smallest absolute Gasteiger partial charge is 0.264 e. The van der Waals surface area contributed by atoms with Crippen molar-refractivity contribution >= 4 is 23.4 Å². The first-order valence-electron chi connectivity index (χ1n) is 11.4. The number of piperazine rings is 1. The monoisotopic (exact) mass is 464 g/mol. The van der Waals surface area contributed by atoms with Gasteiger partial charge in [0.2, 0.25) is 5.91 Å². The van der Waals surface area contributed by atoms with Gasteiger partial charge >= 0.3 is 0 Å². The molecule has 0 spiro atoms. The van der Waals surface area contributed by atoms with E-state index >= 15 is 0 Å². The summed E-state index contributed by atoms with van der Waals surface area (Å²) in [5, 5.41) is 0. The second-order valence-electron chi connectivity index (χ2n) is 8.76. The number of carbonyl (C=O) groups is 3. The average molecular weight is 465 g/mol. The highest BCUT2D eigenvalue weighted by atomic mass is 16.5. The number of hydrogen-bond acceptors (Lipinski definition) is 6. The average Bonchev–Trinajstić information content (AvgIpc) is 3.16. The van der Waals surface area contributed by atoms with E-state index in [1.807, 2.05) is 18.0 Å². The summed E-state index contributed by atoms with van der Waals surface area (Å²) >= 11 is 0. The number of fused-ring (bicyclic) bond motifs is 5. The summed E-state index contributed by atoms with van der Waals surface area (Å²) < 4.78 is 11.0. The van der Waals surface area contributed by atoms with Crippen LogP contribution in [-0.4, -0.2) is 86.4 Å². The standard InChI is InChI=1S/C25H28N4O5/c1-26-12-14-27(15-13-26)20(30)10-11-28-23-17-8-9-19(33-2)22(34-3)21(17)25(32)29(23)18-7-5-4-6-16(18)24(28)31/h4-9,23H,10-15H2,1-3H3. The molecule has 5 rings (SSSR count). The zero-order valence-electron chi connectivity index (χ0n) is 19.6. The van der Waals surface area contributed by atoms with Gasteiger partial charge in [0, 0.05) is 44.7 Å². The Morgan fingerprint density at radius 3 is 2.41 bits per heavy atom. The minimum absolute atomic E-state index is 0.0168. The summed E-state index contributed by atoms with van der Waals surface area (Å²) in [5.74, 6) is 0.358. The van der Waals surface area contributed by atoms with Gasteiger partial charge in [-0.2, -0.15) is 0 Å². The van der Waals surface area contributed by atoms with E-state index in [4.69, 9.17) is 9.47 Å². The number of likely N-dealkylation sites (N-methyl/N-ethyl adjacent to an activating group) is 1. The Hall–Kier alpha value is -3.59. The molecule has 0 aliphatic carbocycles. The predicted molar refractivity (Wildman–Crippen MR) is 125 cm³/mol. The molecule has 3 heterocycles. The number of benzene rings is 2. The zero-order valence-corrected chi connectivity index (χ0v) is 19.6. The number of rotatable bonds is 5. The summed E-state index contributed by atoms with van der Waals surface area (Å²) in [6.07, 6.45) is -0.455. The fourth-order valence-corrected chi connectivity index (χ4v) is 5.08. The predicted octanol–water partition coefficient (Wildman–Crippen LogP) is 1.98. The topological polar surface area (TPSA) is 82.6 Å². The third-order valence-electron chi connectivity index (χ3n) is 6.91. The molecule has 1 saturated heterocycles. The van der Waals surface area contributed by atoms with Crippen LogP contribution in [0.3, 0.4) is 0 Å². The quantitative estimate of drug-likeness (QED) is 0.673. The van der Waals surface area contributed by atoms with Crippen molar-refractivity contribution in [3.8, 4) is 11.5 Å².